The van der Waals surface area contributed by atoms with E-state index in [0.29, 0.717) is 12.2 Å². The molecule has 144 valence electrons. The Morgan fingerprint density at radius 3 is 1.68 bits per heavy atom. The predicted molar refractivity (Wildman–Crippen MR) is 110 cm³/mol. The highest BCUT2D eigenvalue weighted by molar-refractivity contribution is 5.48. The van der Waals surface area contributed by atoms with Crippen molar-refractivity contribution >= 4 is 11.4 Å². The standard InChI is InChI=1S/C21H39N3O/c1-2-3-4-5-6-7-8-9-10-11-12-13-14-15-16-24-18-19(22)17-20(23)21(24)25/h17-18H,2-16,22-23H2,1H3. The summed E-state index contributed by atoms with van der Waals surface area (Å²) in [4.78, 5) is 11.9. The summed E-state index contributed by atoms with van der Waals surface area (Å²) in [5, 5.41) is 0. The molecule has 0 aliphatic carbocycles. The molecule has 1 aromatic rings. The Morgan fingerprint density at radius 2 is 1.20 bits per heavy atom. The minimum absolute atomic E-state index is 0.121. The van der Waals surface area contributed by atoms with Gasteiger partial charge in [-0.05, 0) is 12.5 Å². The van der Waals surface area contributed by atoms with Crippen LogP contribution in [-0.4, -0.2) is 4.57 Å². The van der Waals surface area contributed by atoms with Crippen LogP contribution < -0.4 is 17.0 Å². The van der Waals surface area contributed by atoms with Crippen molar-refractivity contribution in [1.82, 2.24) is 4.57 Å². The molecule has 1 heterocycles. The normalized spacial score (nSPS) is 11.1. The minimum Gasteiger partial charge on any atom is -0.397 e. The molecule has 0 atom stereocenters. The molecule has 1 rings (SSSR count). The number of unbranched alkanes of at least 4 members (excludes halogenated alkanes) is 13. The van der Waals surface area contributed by atoms with Crippen molar-refractivity contribution in [2.45, 2.75) is 103 Å². The molecule has 0 radical (unpaired) electrons. The van der Waals surface area contributed by atoms with Gasteiger partial charge in [0.05, 0.1) is 11.4 Å². The summed E-state index contributed by atoms with van der Waals surface area (Å²) in [7, 11) is 0. The van der Waals surface area contributed by atoms with Gasteiger partial charge in [0.25, 0.3) is 5.56 Å². The number of aromatic nitrogens is 1. The van der Waals surface area contributed by atoms with E-state index in [9.17, 15) is 4.79 Å². The van der Waals surface area contributed by atoms with Crippen LogP contribution in [0.25, 0.3) is 0 Å². The van der Waals surface area contributed by atoms with Gasteiger partial charge in [-0.1, -0.05) is 90.4 Å². The van der Waals surface area contributed by atoms with Gasteiger partial charge < -0.3 is 16.0 Å². The van der Waals surface area contributed by atoms with Crippen molar-refractivity contribution in [3.63, 3.8) is 0 Å². The highest BCUT2D eigenvalue weighted by atomic mass is 16.1. The lowest BCUT2D eigenvalue weighted by Gasteiger charge is -2.08. The van der Waals surface area contributed by atoms with Crippen LogP contribution in [0.15, 0.2) is 17.1 Å². The molecule has 0 aromatic carbocycles. The van der Waals surface area contributed by atoms with Crippen LogP contribution >= 0.6 is 0 Å². The molecule has 4 nitrogen and oxygen atoms in total. The number of rotatable bonds is 15. The second-order valence-electron chi connectivity index (χ2n) is 7.32. The Bertz CT molecular complexity index is 510. The number of aryl methyl sites for hydroxylation is 1. The van der Waals surface area contributed by atoms with Crippen molar-refractivity contribution in [3.8, 4) is 0 Å². The third kappa shape index (κ3) is 10.2. The van der Waals surface area contributed by atoms with Crippen molar-refractivity contribution in [2.75, 3.05) is 11.5 Å². The highest BCUT2D eigenvalue weighted by Crippen LogP contribution is 2.13. The molecular formula is C21H39N3O. The van der Waals surface area contributed by atoms with Crippen LogP contribution in [0.1, 0.15) is 96.8 Å². The molecule has 0 unspecified atom stereocenters. The molecule has 4 heteroatoms. The van der Waals surface area contributed by atoms with E-state index in [-0.39, 0.29) is 11.2 Å². The minimum atomic E-state index is -0.121. The van der Waals surface area contributed by atoms with Gasteiger partial charge in [-0.2, -0.15) is 0 Å². The highest BCUT2D eigenvalue weighted by Gasteiger charge is 2.02. The van der Waals surface area contributed by atoms with Gasteiger partial charge >= 0.3 is 0 Å². The molecule has 0 aliphatic rings. The smallest absolute Gasteiger partial charge is 0.273 e. The molecular weight excluding hydrogens is 310 g/mol. The number of anilines is 2. The number of nitrogen functional groups attached to an aromatic ring is 2. The second-order valence-corrected chi connectivity index (χ2v) is 7.32. The first-order valence-corrected chi connectivity index (χ1v) is 10.4. The van der Waals surface area contributed by atoms with Gasteiger partial charge in [0.15, 0.2) is 0 Å². The van der Waals surface area contributed by atoms with Crippen LogP contribution in [0.3, 0.4) is 0 Å². The van der Waals surface area contributed by atoms with E-state index >= 15 is 0 Å². The summed E-state index contributed by atoms with van der Waals surface area (Å²) in [5.41, 5.74) is 12.1. The molecule has 0 saturated carbocycles. The zero-order valence-electron chi connectivity index (χ0n) is 16.3. The molecule has 4 N–H and O–H groups in total. The van der Waals surface area contributed by atoms with E-state index in [1.165, 1.54) is 89.5 Å². The first-order chi connectivity index (χ1) is 12.1. The quantitative estimate of drug-likeness (QED) is 0.411. The third-order valence-electron chi connectivity index (χ3n) is 4.89. The van der Waals surface area contributed by atoms with Crippen LogP contribution in [0, 0.1) is 0 Å². The number of hydrogen-bond acceptors (Lipinski definition) is 3. The Balaban J connectivity index is 1.92. The Hall–Kier alpha value is -1.45. The largest absolute Gasteiger partial charge is 0.397 e. The Labute approximate surface area is 154 Å². The summed E-state index contributed by atoms with van der Waals surface area (Å²) in [6.07, 6.45) is 20.4. The molecule has 1 aromatic heterocycles. The zero-order chi connectivity index (χ0) is 18.3. The van der Waals surface area contributed by atoms with Crippen molar-refractivity contribution < 1.29 is 0 Å². The third-order valence-corrected chi connectivity index (χ3v) is 4.89. The van der Waals surface area contributed by atoms with Crippen molar-refractivity contribution in [2.24, 2.45) is 0 Å². The summed E-state index contributed by atoms with van der Waals surface area (Å²) < 4.78 is 1.64. The summed E-state index contributed by atoms with van der Waals surface area (Å²) in [6, 6.07) is 1.53. The van der Waals surface area contributed by atoms with E-state index in [1.807, 2.05) is 0 Å². The average molecular weight is 350 g/mol. The molecule has 0 bridgehead atoms. The van der Waals surface area contributed by atoms with Crippen molar-refractivity contribution in [1.29, 1.82) is 0 Å². The van der Waals surface area contributed by atoms with Gasteiger partial charge in [0.2, 0.25) is 0 Å². The van der Waals surface area contributed by atoms with Crippen molar-refractivity contribution in [3.05, 3.63) is 22.6 Å². The molecule has 0 spiro atoms. The SMILES string of the molecule is CCCCCCCCCCCCCCCCn1cc(N)cc(N)c1=O. The monoisotopic (exact) mass is 349 g/mol. The maximum absolute atomic E-state index is 11.9. The lowest BCUT2D eigenvalue weighted by atomic mass is 10.0. The lowest BCUT2D eigenvalue weighted by Crippen LogP contribution is -2.23. The molecule has 25 heavy (non-hydrogen) atoms. The second kappa shape index (κ2) is 13.8. The first-order valence-electron chi connectivity index (χ1n) is 10.4. The Kier molecular flexibility index (Phi) is 11.9. The van der Waals surface area contributed by atoms with Gasteiger partial charge in [-0.25, -0.2) is 0 Å². The molecule has 0 amide bonds. The maximum atomic E-state index is 11.9. The van der Waals surface area contributed by atoms with E-state index in [0.717, 1.165) is 6.42 Å². The van der Waals surface area contributed by atoms with E-state index in [4.69, 9.17) is 11.5 Å². The maximum Gasteiger partial charge on any atom is 0.273 e. The van der Waals surface area contributed by atoms with Gasteiger partial charge in [-0.15, -0.1) is 0 Å². The van der Waals surface area contributed by atoms with Gasteiger partial charge in [0.1, 0.15) is 0 Å². The summed E-state index contributed by atoms with van der Waals surface area (Å²) >= 11 is 0. The number of pyridine rings is 1. The average Bonchev–Trinajstić information content (AvgIpc) is 2.59. The van der Waals surface area contributed by atoms with Crippen LogP contribution in [0.4, 0.5) is 11.4 Å². The van der Waals surface area contributed by atoms with Crippen LogP contribution in [-0.2, 0) is 6.54 Å². The van der Waals surface area contributed by atoms with E-state index in [2.05, 4.69) is 6.92 Å². The summed E-state index contributed by atoms with van der Waals surface area (Å²) in [5.74, 6) is 0. The van der Waals surface area contributed by atoms with Gasteiger partial charge in [-0.3, -0.25) is 4.79 Å². The van der Waals surface area contributed by atoms with Gasteiger partial charge in [0, 0.05) is 12.7 Å². The Morgan fingerprint density at radius 1 is 0.760 bits per heavy atom. The molecule has 0 fully saturated rings. The molecule has 0 aliphatic heterocycles. The lowest BCUT2D eigenvalue weighted by molar-refractivity contribution is 0.521. The first kappa shape index (κ1) is 21.6. The van der Waals surface area contributed by atoms with Crippen LogP contribution in [0.2, 0.25) is 0 Å². The fourth-order valence-corrected chi connectivity index (χ4v) is 3.33. The molecule has 0 saturated heterocycles. The predicted octanol–water partition coefficient (Wildman–Crippen LogP) is 5.49. The fraction of sp³-hybridized carbons (Fsp3) is 0.762. The fourth-order valence-electron chi connectivity index (χ4n) is 3.33. The van der Waals surface area contributed by atoms with E-state index < -0.39 is 0 Å². The van der Waals surface area contributed by atoms with E-state index in [1.54, 1.807) is 10.8 Å². The topological polar surface area (TPSA) is 74.0 Å². The number of nitrogens with zero attached hydrogens (tertiary/aromatic N) is 1. The number of nitrogens with two attached hydrogens (primary N) is 2. The van der Waals surface area contributed by atoms with Crippen LogP contribution in [0.5, 0.6) is 0 Å². The summed E-state index contributed by atoms with van der Waals surface area (Å²) in [6.45, 7) is 2.99. The zero-order valence-corrected chi connectivity index (χ0v) is 16.3. The number of hydrogen-bond donors (Lipinski definition) is 2.